The second-order valence-electron chi connectivity index (χ2n) is 5.07. The van der Waals surface area contributed by atoms with Gasteiger partial charge in [0.2, 0.25) is 0 Å². The van der Waals surface area contributed by atoms with Crippen molar-refractivity contribution in [2.24, 2.45) is 5.92 Å². The first-order valence-corrected chi connectivity index (χ1v) is 6.74. The van der Waals surface area contributed by atoms with E-state index in [-0.39, 0.29) is 12.1 Å². The summed E-state index contributed by atoms with van der Waals surface area (Å²) in [5.74, 6) is -2.31. The van der Waals surface area contributed by atoms with Crippen LogP contribution in [0, 0.1) is 5.92 Å². The van der Waals surface area contributed by atoms with Crippen molar-refractivity contribution in [3.63, 3.8) is 0 Å². The molecule has 0 aliphatic carbocycles. The molecule has 1 rings (SSSR count). The fraction of sp³-hybridized carbons (Fsp3) is 0.600. The molecule has 0 heterocycles. The van der Waals surface area contributed by atoms with Crippen molar-refractivity contribution in [2.45, 2.75) is 26.2 Å². The van der Waals surface area contributed by atoms with Crippen molar-refractivity contribution < 1.29 is 13.5 Å². The van der Waals surface area contributed by atoms with Gasteiger partial charge in [-0.25, -0.2) is 0 Å². The molecule has 0 saturated carbocycles. The number of rotatable bonds is 9. The topological polar surface area (TPSA) is 21.3 Å². The molecule has 0 radical (unpaired) electrons. The molecule has 0 amide bonds. The van der Waals surface area contributed by atoms with Crippen LogP contribution in [0.1, 0.15) is 25.8 Å². The van der Waals surface area contributed by atoms with E-state index in [2.05, 4.69) is 19.2 Å². The van der Waals surface area contributed by atoms with Gasteiger partial charge in [0.15, 0.2) is 0 Å². The van der Waals surface area contributed by atoms with E-state index in [1.165, 1.54) is 12.1 Å². The molecule has 0 unspecified atom stereocenters. The van der Waals surface area contributed by atoms with E-state index in [1.54, 1.807) is 18.2 Å². The minimum atomic E-state index is -2.82. The van der Waals surface area contributed by atoms with Gasteiger partial charge in [-0.3, -0.25) is 0 Å². The Balaban J connectivity index is 2.15. The van der Waals surface area contributed by atoms with E-state index in [1.807, 2.05) is 0 Å². The molecule has 0 fully saturated rings. The highest BCUT2D eigenvalue weighted by Crippen LogP contribution is 2.26. The van der Waals surface area contributed by atoms with Crippen molar-refractivity contribution in [1.29, 1.82) is 0 Å². The summed E-state index contributed by atoms with van der Waals surface area (Å²) in [4.78, 5) is 0. The van der Waals surface area contributed by atoms with Crippen molar-refractivity contribution in [1.82, 2.24) is 5.32 Å². The van der Waals surface area contributed by atoms with Crippen LogP contribution in [0.2, 0.25) is 0 Å². The average molecular weight is 271 g/mol. The Morgan fingerprint density at radius 2 is 1.89 bits per heavy atom. The largest absolute Gasteiger partial charge is 0.381 e. The summed E-state index contributed by atoms with van der Waals surface area (Å²) in [6.07, 6.45) is 0.748. The molecule has 0 atom stereocenters. The van der Waals surface area contributed by atoms with Crippen LogP contribution in [-0.4, -0.2) is 26.3 Å². The van der Waals surface area contributed by atoms with E-state index < -0.39 is 5.92 Å². The summed E-state index contributed by atoms with van der Waals surface area (Å²) in [5.41, 5.74) is 0.0542. The highest BCUT2D eigenvalue weighted by molar-refractivity contribution is 5.20. The third-order valence-corrected chi connectivity index (χ3v) is 2.64. The highest BCUT2D eigenvalue weighted by atomic mass is 19.3. The molecule has 108 valence electrons. The number of hydrogen-bond acceptors (Lipinski definition) is 2. The SMILES string of the molecule is CC(C)COCCCNCC(F)(F)c1ccccc1. The summed E-state index contributed by atoms with van der Waals surface area (Å²) in [6, 6.07) is 7.89. The maximum absolute atomic E-state index is 13.7. The van der Waals surface area contributed by atoms with Gasteiger partial charge >= 0.3 is 0 Å². The minimum absolute atomic E-state index is 0.0542. The molecule has 0 aromatic heterocycles. The first-order valence-electron chi connectivity index (χ1n) is 6.74. The number of hydrogen-bond donors (Lipinski definition) is 1. The number of benzene rings is 1. The first-order chi connectivity index (χ1) is 9.02. The third-order valence-electron chi connectivity index (χ3n) is 2.64. The Morgan fingerprint density at radius 3 is 2.53 bits per heavy atom. The van der Waals surface area contributed by atoms with E-state index in [4.69, 9.17) is 4.74 Å². The number of nitrogens with one attached hydrogen (secondary N) is 1. The molecule has 0 spiro atoms. The van der Waals surface area contributed by atoms with Crippen molar-refractivity contribution >= 4 is 0 Å². The molecule has 2 nitrogen and oxygen atoms in total. The monoisotopic (exact) mass is 271 g/mol. The number of halogens is 2. The van der Waals surface area contributed by atoms with Crippen molar-refractivity contribution in [3.05, 3.63) is 35.9 Å². The maximum Gasteiger partial charge on any atom is 0.285 e. The quantitative estimate of drug-likeness (QED) is 0.695. The second kappa shape index (κ2) is 8.23. The normalized spacial score (nSPS) is 12.1. The Hall–Kier alpha value is -1.00. The Bertz CT molecular complexity index is 341. The summed E-state index contributed by atoms with van der Waals surface area (Å²) in [5, 5.41) is 2.78. The molecule has 0 bridgehead atoms. The van der Waals surface area contributed by atoms with E-state index >= 15 is 0 Å². The maximum atomic E-state index is 13.7. The highest BCUT2D eigenvalue weighted by Gasteiger charge is 2.30. The van der Waals surface area contributed by atoms with Crippen LogP contribution in [0.3, 0.4) is 0 Å². The summed E-state index contributed by atoms with van der Waals surface area (Å²) < 4.78 is 32.9. The smallest absolute Gasteiger partial charge is 0.285 e. The zero-order chi connectivity index (χ0) is 14.1. The zero-order valence-electron chi connectivity index (χ0n) is 11.7. The van der Waals surface area contributed by atoms with Crippen LogP contribution in [-0.2, 0) is 10.7 Å². The van der Waals surface area contributed by atoms with Gasteiger partial charge in [0.05, 0.1) is 6.54 Å². The van der Waals surface area contributed by atoms with E-state index in [9.17, 15) is 8.78 Å². The van der Waals surface area contributed by atoms with Crippen molar-refractivity contribution in [3.8, 4) is 0 Å². The van der Waals surface area contributed by atoms with Crippen LogP contribution >= 0.6 is 0 Å². The molecular formula is C15H23F2NO. The van der Waals surface area contributed by atoms with Crippen LogP contribution < -0.4 is 5.32 Å². The van der Waals surface area contributed by atoms with Gasteiger partial charge in [-0.2, -0.15) is 8.78 Å². The van der Waals surface area contributed by atoms with Gasteiger partial charge in [-0.1, -0.05) is 44.2 Å². The lowest BCUT2D eigenvalue weighted by atomic mass is 10.1. The predicted octanol–water partition coefficient (Wildman–Crippen LogP) is 3.43. The Kier molecular flexibility index (Phi) is 6.95. The molecule has 1 aromatic rings. The lowest BCUT2D eigenvalue weighted by Gasteiger charge is -2.17. The summed E-state index contributed by atoms with van der Waals surface area (Å²) in [6.45, 7) is 5.71. The number of alkyl halides is 2. The van der Waals surface area contributed by atoms with E-state index in [0.717, 1.165) is 13.0 Å². The van der Waals surface area contributed by atoms with Crippen LogP contribution in [0.5, 0.6) is 0 Å². The average Bonchev–Trinajstić information content (AvgIpc) is 2.38. The molecular weight excluding hydrogens is 248 g/mol. The predicted molar refractivity (Wildman–Crippen MR) is 73.5 cm³/mol. The van der Waals surface area contributed by atoms with Gasteiger partial charge < -0.3 is 10.1 Å². The van der Waals surface area contributed by atoms with Crippen molar-refractivity contribution in [2.75, 3.05) is 26.3 Å². The molecule has 1 aromatic carbocycles. The van der Waals surface area contributed by atoms with Crippen LogP contribution in [0.15, 0.2) is 30.3 Å². The molecule has 1 N–H and O–H groups in total. The lowest BCUT2D eigenvalue weighted by molar-refractivity contribution is -0.00357. The molecule has 0 aliphatic heterocycles. The third kappa shape index (κ3) is 6.64. The lowest BCUT2D eigenvalue weighted by Crippen LogP contribution is -2.31. The molecule has 19 heavy (non-hydrogen) atoms. The number of ether oxygens (including phenoxy) is 1. The van der Waals surface area contributed by atoms with Crippen LogP contribution in [0.4, 0.5) is 8.78 Å². The first kappa shape index (κ1) is 16.1. The van der Waals surface area contributed by atoms with Gasteiger partial charge in [0, 0.05) is 18.8 Å². The van der Waals surface area contributed by atoms with Gasteiger partial charge in [-0.05, 0) is 18.9 Å². The molecule has 0 saturated heterocycles. The van der Waals surface area contributed by atoms with Crippen LogP contribution in [0.25, 0.3) is 0 Å². The van der Waals surface area contributed by atoms with Gasteiger partial charge in [0.1, 0.15) is 0 Å². The molecule has 4 heteroatoms. The second-order valence-corrected chi connectivity index (χ2v) is 5.07. The fourth-order valence-corrected chi connectivity index (χ4v) is 1.65. The van der Waals surface area contributed by atoms with E-state index in [0.29, 0.717) is 19.1 Å². The van der Waals surface area contributed by atoms with Gasteiger partial charge in [0.25, 0.3) is 5.92 Å². The Morgan fingerprint density at radius 1 is 1.21 bits per heavy atom. The summed E-state index contributed by atoms with van der Waals surface area (Å²) >= 11 is 0. The molecule has 0 aliphatic rings. The minimum Gasteiger partial charge on any atom is -0.381 e. The van der Waals surface area contributed by atoms with Gasteiger partial charge in [-0.15, -0.1) is 0 Å². The fourth-order valence-electron chi connectivity index (χ4n) is 1.65. The Labute approximate surface area is 114 Å². The zero-order valence-corrected chi connectivity index (χ0v) is 11.7. The summed E-state index contributed by atoms with van der Waals surface area (Å²) in [7, 11) is 0. The standard InChI is InChI=1S/C15H23F2NO/c1-13(2)11-19-10-6-9-18-12-15(16,17)14-7-4-3-5-8-14/h3-5,7-8,13,18H,6,9-12H2,1-2H3.